The highest BCUT2D eigenvalue weighted by Gasteiger charge is 2.67. The first-order valence-electron chi connectivity index (χ1n) is 7.52. The molecule has 1 aromatic carbocycles. The lowest BCUT2D eigenvalue weighted by Gasteiger charge is -2.37. The number of phenols is 1. The van der Waals surface area contributed by atoms with Gasteiger partial charge in [-0.1, -0.05) is 12.2 Å². The fourth-order valence-corrected chi connectivity index (χ4v) is 4.81. The van der Waals surface area contributed by atoms with Gasteiger partial charge in [0.05, 0.1) is 17.5 Å². The number of phenolic OH excluding ortho intramolecular Hbond substituents is 1. The van der Waals surface area contributed by atoms with Gasteiger partial charge in [0.25, 0.3) is 0 Å². The maximum Gasteiger partial charge on any atom is 0.238 e. The molecule has 0 aromatic heterocycles. The molecular weight excluding hydrogens is 266 g/mol. The van der Waals surface area contributed by atoms with Crippen molar-refractivity contribution in [3.05, 3.63) is 36.4 Å². The second-order valence-electron chi connectivity index (χ2n) is 6.68. The van der Waals surface area contributed by atoms with E-state index in [4.69, 9.17) is 0 Å². The number of carbonyl (C=O) groups excluding carboxylic acids is 2. The van der Waals surface area contributed by atoms with Crippen LogP contribution in [-0.2, 0) is 9.59 Å². The zero-order chi connectivity index (χ0) is 14.3. The highest BCUT2D eigenvalue weighted by atomic mass is 16.3. The van der Waals surface area contributed by atoms with Gasteiger partial charge in [-0.15, -0.1) is 0 Å². The molecule has 6 rings (SSSR count). The summed E-state index contributed by atoms with van der Waals surface area (Å²) >= 11 is 0. The molecule has 0 spiro atoms. The maximum absolute atomic E-state index is 12.8. The summed E-state index contributed by atoms with van der Waals surface area (Å²) in [6, 6.07) is 6.31. The van der Waals surface area contributed by atoms with Gasteiger partial charge < -0.3 is 5.11 Å². The predicted molar refractivity (Wildman–Crippen MR) is 75.3 cm³/mol. The Morgan fingerprint density at radius 2 is 1.43 bits per heavy atom. The van der Waals surface area contributed by atoms with Crippen molar-refractivity contribution in [1.29, 1.82) is 0 Å². The number of allylic oxidation sites excluding steroid dienone is 2. The van der Waals surface area contributed by atoms with E-state index in [1.54, 1.807) is 12.1 Å². The highest BCUT2D eigenvalue weighted by Crippen LogP contribution is 2.65. The summed E-state index contributed by atoms with van der Waals surface area (Å²) in [6.45, 7) is 0. The Labute approximate surface area is 122 Å². The van der Waals surface area contributed by atoms with E-state index in [0.29, 0.717) is 17.5 Å². The average molecular weight is 281 g/mol. The van der Waals surface area contributed by atoms with Crippen molar-refractivity contribution >= 4 is 17.5 Å². The summed E-state index contributed by atoms with van der Waals surface area (Å²) in [7, 11) is 0. The summed E-state index contributed by atoms with van der Waals surface area (Å²) in [5.41, 5.74) is 0.574. The standard InChI is InChI=1S/C17H15NO3/c19-9-3-1-8(2-4-9)18-16(20)14-10-5-6-11(13-7-12(10)13)15(14)17(18)21/h1-6,10-15,19H,7H2. The minimum Gasteiger partial charge on any atom is -0.508 e. The third-order valence-corrected chi connectivity index (χ3v) is 5.77. The number of benzene rings is 1. The Hall–Kier alpha value is -2.10. The molecule has 4 nitrogen and oxygen atoms in total. The van der Waals surface area contributed by atoms with Crippen LogP contribution in [0.2, 0.25) is 0 Å². The monoisotopic (exact) mass is 281 g/mol. The minimum atomic E-state index is -0.162. The van der Waals surface area contributed by atoms with E-state index in [1.165, 1.54) is 23.5 Å². The number of amides is 2. The number of hydrogen-bond acceptors (Lipinski definition) is 3. The molecule has 21 heavy (non-hydrogen) atoms. The van der Waals surface area contributed by atoms with E-state index in [9.17, 15) is 14.7 Å². The van der Waals surface area contributed by atoms with Crippen LogP contribution in [0.3, 0.4) is 0 Å². The molecule has 2 bridgehead atoms. The Kier molecular flexibility index (Phi) is 1.96. The van der Waals surface area contributed by atoms with Crippen molar-refractivity contribution in [2.24, 2.45) is 35.5 Å². The van der Waals surface area contributed by atoms with Gasteiger partial charge in [0, 0.05) is 0 Å². The molecule has 2 saturated carbocycles. The van der Waals surface area contributed by atoms with Gasteiger partial charge in [0.15, 0.2) is 0 Å². The van der Waals surface area contributed by atoms with E-state index >= 15 is 0 Å². The molecular formula is C17H15NO3. The second-order valence-corrected chi connectivity index (χ2v) is 6.68. The summed E-state index contributed by atoms with van der Waals surface area (Å²) in [5, 5.41) is 9.37. The van der Waals surface area contributed by atoms with Crippen LogP contribution < -0.4 is 4.90 Å². The number of carbonyl (C=O) groups is 2. The lowest BCUT2D eigenvalue weighted by molar-refractivity contribution is -0.124. The molecule has 0 radical (unpaired) electrons. The first-order chi connectivity index (χ1) is 10.2. The molecule has 1 aliphatic heterocycles. The zero-order valence-electron chi connectivity index (χ0n) is 11.3. The normalized spacial score (nSPS) is 42.2. The predicted octanol–water partition coefficient (Wildman–Crippen LogP) is 1.95. The second kappa shape index (κ2) is 3.56. The van der Waals surface area contributed by atoms with Gasteiger partial charge in [-0.25, -0.2) is 0 Å². The SMILES string of the molecule is O=C1C2C3C=CC(C4CC34)C2C(=O)N1c1ccc(O)cc1. The summed E-state index contributed by atoms with van der Waals surface area (Å²) in [5.74, 6) is 1.46. The van der Waals surface area contributed by atoms with Crippen LogP contribution in [0.5, 0.6) is 5.75 Å². The molecule has 6 unspecified atom stereocenters. The first kappa shape index (κ1) is 11.5. The molecule has 5 aliphatic rings. The molecule has 1 aromatic rings. The first-order valence-corrected chi connectivity index (χ1v) is 7.52. The van der Waals surface area contributed by atoms with E-state index in [-0.39, 0.29) is 41.2 Å². The molecule has 1 heterocycles. The lowest BCUT2D eigenvalue weighted by Crippen LogP contribution is -2.40. The van der Waals surface area contributed by atoms with E-state index < -0.39 is 0 Å². The third kappa shape index (κ3) is 1.30. The number of anilines is 1. The highest BCUT2D eigenvalue weighted by molar-refractivity contribution is 6.22. The number of aromatic hydroxyl groups is 1. The van der Waals surface area contributed by atoms with E-state index in [1.807, 2.05) is 0 Å². The maximum atomic E-state index is 12.8. The number of hydrogen-bond donors (Lipinski definition) is 1. The van der Waals surface area contributed by atoms with Gasteiger partial charge >= 0.3 is 0 Å². The fraction of sp³-hybridized carbons (Fsp3) is 0.412. The van der Waals surface area contributed by atoms with Gasteiger partial charge in [0.1, 0.15) is 5.75 Å². The van der Waals surface area contributed by atoms with Crippen LogP contribution >= 0.6 is 0 Å². The molecule has 1 N–H and O–H groups in total. The van der Waals surface area contributed by atoms with Crippen molar-refractivity contribution < 1.29 is 14.7 Å². The van der Waals surface area contributed by atoms with Gasteiger partial charge in [0.2, 0.25) is 11.8 Å². The Balaban J connectivity index is 1.58. The van der Waals surface area contributed by atoms with Crippen molar-refractivity contribution in [3.63, 3.8) is 0 Å². The van der Waals surface area contributed by atoms with Crippen LogP contribution in [0, 0.1) is 35.5 Å². The average Bonchev–Trinajstić information content (AvgIpc) is 3.26. The molecule has 3 fully saturated rings. The van der Waals surface area contributed by atoms with Gasteiger partial charge in [-0.05, 0) is 54.4 Å². The van der Waals surface area contributed by atoms with Crippen molar-refractivity contribution in [1.82, 2.24) is 0 Å². The van der Waals surface area contributed by atoms with Crippen molar-refractivity contribution in [2.45, 2.75) is 6.42 Å². The zero-order valence-corrected chi connectivity index (χ0v) is 11.3. The third-order valence-electron chi connectivity index (χ3n) is 5.77. The van der Waals surface area contributed by atoms with Crippen molar-refractivity contribution in [3.8, 4) is 5.75 Å². The summed E-state index contributed by atoms with van der Waals surface area (Å²) in [4.78, 5) is 26.9. The van der Waals surface area contributed by atoms with Gasteiger partial charge in [-0.3, -0.25) is 14.5 Å². The number of imide groups is 1. The molecule has 106 valence electrons. The fourth-order valence-electron chi connectivity index (χ4n) is 4.81. The van der Waals surface area contributed by atoms with Crippen LogP contribution in [0.15, 0.2) is 36.4 Å². The molecule has 2 amide bonds. The minimum absolute atomic E-state index is 0.0552. The largest absolute Gasteiger partial charge is 0.508 e. The molecule has 1 saturated heterocycles. The van der Waals surface area contributed by atoms with Crippen LogP contribution in [0.1, 0.15) is 6.42 Å². The Morgan fingerprint density at radius 1 is 0.905 bits per heavy atom. The smallest absolute Gasteiger partial charge is 0.238 e. The van der Waals surface area contributed by atoms with E-state index in [2.05, 4.69) is 12.2 Å². The molecule has 4 heteroatoms. The topological polar surface area (TPSA) is 57.6 Å². The molecule has 6 atom stereocenters. The van der Waals surface area contributed by atoms with Crippen LogP contribution in [0.4, 0.5) is 5.69 Å². The quantitative estimate of drug-likeness (QED) is 0.632. The lowest BCUT2D eigenvalue weighted by atomic mass is 9.63. The number of nitrogens with zero attached hydrogens (tertiary/aromatic N) is 1. The van der Waals surface area contributed by atoms with Crippen molar-refractivity contribution in [2.75, 3.05) is 4.90 Å². The summed E-state index contributed by atoms with van der Waals surface area (Å²) in [6.07, 6.45) is 5.52. The Morgan fingerprint density at radius 3 is 1.95 bits per heavy atom. The van der Waals surface area contributed by atoms with Gasteiger partial charge in [-0.2, -0.15) is 0 Å². The summed E-state index contributed by atoms with van der Waals surface area (Å²) < 4.78 is 0. The Bertz CT molecular complexity index is 656. The van der Waals surface area contributed by atoms with Crippen LogP contribution in [-0.4, -0.2) is 16.9 Å². The molecule has 4 aliphatic carbocycles. The number of rotatable bonds is 1. The van der Waals surface area contributed by atoms with Crippen LogP contribution in [0.25, 0.3) is 0 Å². The van der Waals surface area contributed by atoms with E-state index in [0.717, 1.165) is 0 Å².